The third kappa shape index (κ3) is 3.47. The Morgan fingerprint density at radius 1 is 1.00 bits per heavy atom. The molecule has 2 heterocycles. The molecule has 5 nitrogen and oxygen atoms in total. The molecular formula is C24H20ClFN2O3. The smallest absolute Gasteiger partial charge is 0.213 e. The number of nitrogens with zero attached hydrogens (tertiary/aromatic N) is 2. The van der Waals surface area contributed by atoms with Gasteiger partial charge in [-0.3, -0.25) is 0 Å². The summed E-state index contributed by atoms with van der Waals surface area (Å²) in [5, 5.41) is 7.48. The number of fused-ring (bicyclic) bond motifs is 3. The molecule has 3 aromatic rings. The lowest BCUT2D eigenvalue weighted by molar-refractivity contribution is -0.0190. The van der Waals surface area contributed by atoms with Gasteiger partial charge in [-0.2, -0.15) is 5.10 Å². The van der Waals surface area contributed by atoms with E-state index < -0.39 is 6.23 Å². The lowest BCUT2D eigenvalue weighted by Crippen LogP contribution is -2.33. The molecule has 0 aromatic heterocycles. The Labute approximate surface area is 184 Å². The van der Waals surface area contributed by atoms with Crippen LogP contribution >= 0.6 is 11.6 Å². The van der Waals surface area contributed by atoms with Crippen LogP contribution in [0, 0.1) is 5.82 Å². The van der Waals surface area contributed by atoms with Gasteiger partial charge in [0.25, 0.3) is 0 Å². The van der Waals surface area contributed by atoms with E-state index in [0.29, 0.717) is 22.9 Å². The second-order valence-electron chi connectivity index (χ2n) is 7.42. The number of benzene rings is 3. The van der Waals surface area contributed by atoms with Gasteiger partial charge in [0.05, 0.1) is 26.0 Å². The average molecular weight is 439 g/mol. The van der Waals surface area contributed by atoms with Crippen molar-refractivity contribution < 1.29 is 18.6 Å². The SMILES string of the molecule is COc1ccc(C2=NN3[C@H](C2)c2cc(Cl)ccc2O[C@H]3c2ccc(F)cc2)cc1OC. The Bertz CT molecular complexity index is 1170. The van der Waals surface area contributed by atoms with Crippen LogP contribution in [-0.2, 0) is 0 Å². The highest BCUT2D eigenvalue weighted by Crippen LogP contribution is 2.48. The first-order valence-corrected chi connectivity index (χ1v) is 10.2. The Kier molecular flexibility index (Phi) is 4.94. The van der Waals surface area contributed by atoms with E-state index in [0.717, 1.165) is 28.2 Å². The summed E-state index contributed by atoms with van der Waals surface area (Å²) in [5.74, 6) is 1.76. The second-order valence-corrected chi connectivity index (χ2v) is 7.86. The Balaban J connectivity index is 1.58. The number of rotatable bonds is 4. The summed E-state index contributed by atoms with van der Waals surface area (Å²) in [6, 6.07) is 17.6. The van der Waals surface area contributed by atoms with Crippen LogP contribution in [0.15, 0.2) is 65.8 Å². The van der Waals surface area contributed by atoms with Crippen molar-refractivity contribution in [1.29, 1.82) is 0 Å². The van der Waals surface area contributed by atoms with Crippen LogP contribution in [0.3, 0.4) is 0 Å². The normalized spacial score (nSPS) is 19.2. The number of hydrogen-bond donors (Lipinski definition) is 0. The summed E-state index contributed by atoms with van der Waals surface area (Å²) >= 11 is 6.28. The minimum Gasteiger partial charge on any atom is -0.493 e. The van der Waals surface area contributed by atoms with E-state index in [1.165, 1.54) is 12.1 Å². The van der Waals surface area contributed by atoms with Crippen molar-refractivity contribution in [1.82, 2.24) is 5.01 Å². The molecule has 0 spiro atoms. The predicted molar refractivity (Wildman–Crippen MR) is 117 cm³/mol. The molecule has 3 aromatic carbocycles. The molecule has 2 atom stereocenters. The van der Waals surface area contributed by atoms with E-state index in [9.17, 15) is 4.39 Å². The monoisotopic (exact) mass is 438 g/mol. The summed E-state index contributed by atoms with van der Waals surface area (Å²) in [6.45, 7) is 0. The van der Waals surface area contributed by atoms with Gasteiger partial charge in [0.2, 0.25) is 6.23 Å². The second kappa shape index (κ2) is 7.78. The van der Waals surface area contributed by atoms with E-state index in [2.05, 4.69) is 0 Å². The van der Waals surface area contributed by atoms with Crippen LogP contribution in [0.1, 0.15) is 35.4 Å². The maximum Gasteiger partial charge on any atom is 0.213 e. The molecule has 7 heteroatoms. The minimum absolute atomic E-state index is 0.0550. The zero-order valence-corrected chi connectivity index (χ0v) is 17.8. The van der Waals surface area contributed by atoms with Crippen molar-refractivity contribution in [2.45, 2.75) is 18.7 Å². The van der Waals surface area contributed by atoms with Crippen LogP contribution in [0.2, 0.25) is 5.02 Å². The molecule has 31 heavy (non-hydrogen) atoms. The van der Waals surface area contributed by atoms with Crippen molar-refractivity contribution in [3.63, 3.8) is 0 Å². The molecule has 158 valence electrons. The molecule has 0 fully saturated rings. The minimum atomic E-state index is -0.475. The molecule has 0 N–H and O–H groups in total. The molecule has 0 saturated heterocycles. The van der Waals surface area contributed by atoms with Crippen LogP contribution in [0.5, 0.6) is 17.2 Å². The lowest BCUT2D eigenvalue weighted by Gasteiger charge is -2.38. The van der Waals surface area contributed by atoms with Gasteiger partial charge < -0.3 is 14.2 Å². The van der Waals surface area contributed by atoms with Gasteiger partial charge in [0.1, 0.15) is 11.6 Å². The number of ether oxygens (including phenoxy) is 3. The Morgan fingerprint density at radius 3 is 2.52 bits per heavy atom. The first-order chi connectivity index (χ1) is 15.1. The van der Waals surface area contributed by atoms with E-state index in [1.54, 1.807) is 26.4 Å². The van der Waals surface area contributed by atoms with Crippen molar-refractivity contribution in [3.05, 3.63) is 88.2 Å². The lowest BCUT2D eigenvalue weighted by atomic mass is 9.95. The highest BCUT2D eigenvalue weighted by atomic mass is 35.5. The fraction of sp³-hybridized carbons (Fsp3) is 0.208. The summed E-state index contributed by atoms with van der Waals surface area (Å²) in [7, 11) is 3.22. The third-order valence-corrected chi connectivity index (χ3v) is 5.86. The highest BCUT2D eigenvalue weighted by Gasteiger charge is 2.41. The molecule has 2 aliphatic heterocycles. The predicted octanol–water partition coefficient (Wildman–Crippen LogP) is 5.74. The maximum absolute atomic E-state index is 13.5. The third-order valence-electron chi connectivity index (χ3n) is 5.62. The van der Waals surface area contributed by atoms with E-state index >= 15 is 0 Å². The molecule has 0 unspecified atom stereocenters. The summed E-state index contributed by atoms with van der Waals surface area (Å²) in [6.07, 6.45) is 0.195. The number of hydrazone groups is 1. The first kappa shape index (κ1) is 19.7. The highest BCUT2D eigenvalue weighted by molar-refractivity contribution is 6.30. The molecule has 0 radical (unpaired) electrons. The topological polar surface area (TPSA) is 43.3 Å². The van der Waals surface area contributed by atoms with E-state index in [4.69, 9.17) is 30.9 Å². The zero-order valence-electron chi connectivity index (χ0n) is 17.0. The van der Waals surface area contributed by atoms with Crippen LogP contribution in [-0.4, -0.2) is 24.9 Å². The van der Waals surface area contributed by atoms with Crippen molar-refractivity contribution in [3.8, 4) is 17.2 Å². The molecular weight excluding hydrogens is 419 g/mol. The van der Waals surface area contributed by atoms with E-state index in [1.807, 2.05) is 41.4 Å². The van der Waals surface area contributed by atoms with Gasteiger partial charge in [-0.15, -0.1) is 0 Å². The summed E-state index contributed by atoms with van der Waals surface area (Å²) in [4.78, 5) is 0. The Morgan fingerprint density at radius 2 is 1.77 bits per heavy atom. The maximum atomic E-state index is 13.5. The summed E-state index contributed by atoms with van der Waals surface area (Å²) in [5.41, 5.74) is 3.64. The molecule has 0 bridgehead atoms. The van der Waals surface area contributed by atoms with Gasteiger partial charge >= 0.3 is 0 Å². The van der Waals surface area contributed by atoms with Crippen LogP contribution in [0.25, 0.3) is 0 Å². The quantitative estimate of drug-likeness (QED) is 0.521. The summed E-state index contributed by atoms with van der Waals surface area (Å²) < 4.78 is 30.6. The van der Waals surface area contributed by atoms with Gasteiger partial charge in [0, 0.05) is 28.1 Å². The molecule has 0 amide bonds. The molecule has 5 rings (SSSR count). The zero-order chi connectivity index (χ0) is 21.5. The molecule has 0 saturated carbocycles. The van der Waals surface area contributed by atoms with E-state index in [-0.39, 0.29) is 11.9 Å². The standard InChI is InChI=1S/C24H20ClFN2O3/c1-29-22-9-5-15(11-23(22)30-2)19-13-20-18-12-16(25)6-10-21(18)31-24(28(20)27-19)14-3-7-17(26)8-4-14/h3-12,20,24H,13H2,1-2H3/t20-,24+/m1/s1. The first-order valence-electron chi connectivity index (χ1n) is 9.87. The van der Waals surface area contributed by atoms with Gasteiger partial charge in [-0.1, -0.05) is 23.7 Å². The van der Waals surface area contributed by atoms with Crippen molar-refractivity contribution >= 4 is 17.3 Å². The number of halogens is 2. The largest absolute Gasteiger partial charge is 0.493 e. The fourth-order valence-corrected chi connectivity index (χ4v) is 4.28. The fourth-order valence-electron chi connectivity index (χ4n) is 4.10. The molecule has 2 aliphatic rings. The molecule has 0 aliphatic carbocycles. The van der Waals surface area contributed by atoms with Crippen LogP contribution in [0.4, 0.5) is 4.39 Å². The Hall–Kier alpha value is -3.25. The van der Waals surface area contributed by atoms with Crippen LogP contribution < -0.4 is 14.2 Å². The average Bonchev–Trinajstić information content (AvgIpc) is 3.24. The van der Waals surface area contributed by atoms with Gasteiger partial charge in [-0.05, 0) is 48.5 Å². The van der Waals surface area contributed by atoms with Gasteiger partial charge in [0.15, 0.2) is 11.5 Å². The van der Waals surface area contributed by atoms with Crippen molar-refractivity contribution in [2.24, 2.45) is 5.10 Å². The van der Waals surface area contributed by atoms with Gasteiger partial charge in [-0.25, -0.2) is 9.40 Å². The van der Waals surface area contributed by atoms with Crippen molar-refractivity contribution in [2.75, 3.05) is 14.2 Å². The number of hydrogen-bond acceptors (Lipinski definition) is 5. The number of methoxy groups -OCH3 is 2.